The molecule has 0 heterocycles. The Morgan fingerprint density at radius 1 is 0.950 bits per heavy atom. The predicted octanol–water partition coefficient (Wildman–Crippen LogP) is 5.49. The van der Waals surface area contributed by atoms with Crippen molar-refractivity contribution in [2.24, 2.45) is 0 Å². The van der Waals surface area contributed by atoms with Gasteiger partial charge in [-0.2, -0.15) is 13.2 Å². The molecular formula is C14H7Cl2F3O. The van der Waals surface area contributed by atoms with E-state index in [9.17, 15) is 18.0 Å². The Morgan fingerprint density at radius 2 is 1.65 bits per heavy atom. The summed E-state index contributed by atoms with van der Waals surface area (Å²) >= 11 is 11.4. The van der Waals surface area contributed by atoms with Crippen LogP contribution < -0.4 is 0 Å². The van der Waals surface area contributed by atoms with Crippen molar-refractivity contribution in [2.75, 3.05) is 0 Å². The fraction of sp³-hybridized carbons (Fsp3) is 0.0714. The van der Waals surface area contributed by atoms with Crippen molar-refractivity contribution in [2.45, 2.75) is 6.18 Å². The maximum Gasteiger partial charge on any atom is 0.417 e. The van der Waals surface area contributed by atoms with Crippen LogP contribution in [0.25, 0.3) is 11.1 Å². The van der Waals surface area contributed by atoms with Gasteiger partial charge in [-0.15, -0.1) is 0 Å². The minimum atomic E-state index is -4.54. The van der Waals surface area contributed by atoms with Gasteiger partial charge >= 0.3 is 6.18 Å². The number of benzene rings is 2. The zero-order chi connectivity index (χ0) is 14.9. The second-order valence-corrected chi connectivity index (χ2v) is 4.93. The van der Waals surface area contributed by atoms with Crippen molar-refractivity contribution in [1.82, 2.24) is 0 Å². The van der Waals surface area contributed by atoms with Crippen LogP contribution in [0.15, 0.2) is 36.4 Å². The van der Waals surface area contributed by atoms with Gasteiger partial charge in [-0.25, -0.2) is 0 Å². The van der Waals surface area contributed by atoms with Crippen LogP contribution >= 0.6 is 23.2 Å². The molecule has 0 amide bonds. The number of halogens is 5. The van der Waals surface area contributed by atoms with Crippen LogP contribution in [0.2, 0.25) is 10.0 Å². The summed E-state index contributed by atoms with van der Waals surface area (Å²) in [5, 5.41) is -0.105. The van der Waals surface area contributed by atoms with Gasteiger partial charge in [0.1, 0.15) is 6.29 Å². The molecule has 0 radical (unpaired) electrons. The summed E-state index contributed by atoms with van der Waals surface area (Å²) in [7, 11) is 0. The SMILES string of the molecule is O=Cc1cc(Cl)cc(-c2ccc(Cl)c(C(F)(F)F)c2)c1. The van der Waals surface area contributed by atoms with Gasteiger partial charge in [0, 0.05) is 10.6 Å². The molecule has 0 aliphatic rings. The van der Waals surface area contributed by atoms with Crippen LogP contribution in [0.1, 0.15) is 15.9 Å². The third-order valence-electron chi connectivity index (χ3n) is 2.66. The number of hydrogen-bond acceptors (Lipinski definition) is 1. The van der Waals surface area contributed by atoms with Crippen LogP contribution in [0.5, 0.6) is 0 Å². The molecule has 2 aromatic carbocycles. The highest BCUT2D eigenvalue weighted by molar-refractivity contribution is 6.32. The highest BCUT2D eigenvalue weighted by Gasteiger charge is 2.33. The van der Waals surface area contributed by atoms with E-state index in [1.807, 2.05) is 0 Å². The van der Waals surface area contributed by atoms with Crippen molar-refractivity contribution >= 4 is 29.5 Å². The van der Waals surface area contributed by atoms with Crippen LogP contribution in [0.3, 0.4) is 0 Å². The topological polar surface area (TPSA) is 17.1 Å². The summed E-state index contributed by atoms with van der Waals surface area (Å²) in [5.74, 6) is 0. The maximum absolute atomic E-state index is 12.8. The van der Waals surface area contributed by atoms with Gasteiger partial charge in [0.25, 0.3) is 0 Å². The molecule has 0 unspecified atom stereocenters. The Hall–Kier alpha value is -1.52. The Kier molecular flexibility index (Phi) is 4.06. The van der Waals surface area contributed by atoms with E-state index in [1.54, 1.807) is 0 Å². The molecule has 0 aromatic heterocycles. The third kappa shape index (κ3) is 3.14. The molecule has 2 aromatic rings. The zero-order valence-corrected chi connectivity index (χ0v) is 11.4. The van der Waals surface area contributed by atoms with E-state index in [-0.39, 0.29) is 21.2 Å². The molecule has 20 heavy (non-hydrogen) atoms. The zero-order valence-electron chi connectivity index (χ0n) is 9.84. The van der Waals surface area contributed by atoms with Gasteiger partial charge in [-0.05, 0) is 41.5 Å². The van der Waals surface area contributed by atoms with E-state index in [4.69, 9.17) is 23.2 Å². The number of hydrogen-bond donors (Lipinski definition) is 0. The number of carbonyl (C=O) groups is 1. The summed E-state index contributed by atoms with van der Waals surface area (Å²) in [6, 6.07) is 7.92. The molecule has 0 N–H and O–H groups in total. The molecule has 6 heteroatoms. The number of rotatable bonds is 2. The molecule has 0 atom stereocenters. The summed E-state index contributed by atoms with van der Waals surface area (Å²) in [6.45, 7) is 0. The first-order valence-electron chi connectivity index (χ1n) is 5.44. The molecule has 1 nitrogen and oxygen atoms in total. The Labute approximate surface area is 122 Å². The molecule has 0 bridgehead atoms. The van der Waals surface area contributed by atoms with E-state index in [0.717, 1.165) is 6.07 Å². The Bertz CT molecular complexity index is 666. The number of aldehydes is 1. The normalized spacial score (nSPS) is 11.4. The summed E-state index contributed by atoms with van der Waals surface area (Å²) < 4.78 is 38.4. The van der Waals surface area contributed by atoms with Crippen LogP contribution in [-0.2, 0) is 6.18 Å². The van der Waals surface area contributed by atoms with Crippen LogP contribution in [0, 0.1) is 0 Å². The second kappa shape index (κ2) is 5.46. The highest BCUT2D eigenvalue weighted by atomic mass is 35.5. The molecule has 0 fully saturated rings. The molecular weight excluding hydrogens is 312 g/mol. The average molecular weight is 319 g/mol. The molecule has 0 saturated heterocycles. The number of carbonyl (C=O) groups excluding carboxylic acids is 1. The van der Waals surface area contributed by atoms with Crippen molar-refractivity contribution in [1.29, 1.82) is 0 Å². The lowest BCUT2D eigenvalue weighted by molar-refractivity contribution is -0.137. The van der Waals surface area contributed by atoms with E-state index in [0.29, 0.717) is 11.8 Å². The smallest absolute Gasteiger partial charge is 0.298 e. The highest BCUT2D eigenvalue weighted by Crippen LogP contribution is 2.37. The number of alkyl halides is 3. The van der Waals surface area contributed by atoms with Gasteiger partial charge in [-0.3, -0.25) is 4.79 Å². The van der Waals surface area contributed by atoms with Crippen molar-refractivity contribution < 1.29 is 18.0 Å². The van der Waals surface area contributed by atoms with E-state index in [2.05, 4.69) is 0 Å². The quantitative estimate of drug-likeness (QED) is 0.669. The lowest BCUT2D eigenvalue weighted by atomic mass is 10.0. The molecule has 0 saturated carbocycles. The first kappa shape index (κ1) is 14.9. The van der Waals surface area contributed by atoms with Gasteiger partial charge < -0.3 is 0 Å². The lowest BCUT2D eigenvalue weighted by Crippen LogP contribution is -2.05. The maximum atomic E-state index is 12.8. The molecule has 0 spiro atoms. The van der Waals surface area contributed by atoms with Crippen molar-refractivity contribution in [3.63, 3.8) is 0 Å². The Balaban J connectivity index is 2.59. The van der Waals surface area contributed by atoms with Crippen molar-refractivity contribution in [3.8, 4) is 11.1 Å². The van der Waals surface area contributed by atoms with Crippen molar-refractivity contribution in [3.05, 3.63) is 57.6 Å². The predicted molar refractivity (Wildman–Crippen MR) is 72.3 cm³/mol. The summed E-state index contributed by atoms with van der Waals surface area (Å²) in [5.41, 5.74) is 0.0643. The van der Waals surface area contributed by atoms with E-state index >= 15 is 0 Å². The largest absolute Gasteiger partial charge is 0.417 e. The first-order chi connectivity index (χ1) is 9.31. The lowest BCUT2D eigenvalue weighted by Gasteiger charge is -2.11. The Morgan fingerprint density at radius 3 is 2.25 bits per heavy atom. The minimum Gasteiger partial charge on any atom is -0.298 e. The first-order valence-corrected chi connectivity index (χ1v) is 6.20. The van der Waals surface area contributed by atoms with Gasteiger partial charge in [0.15, 0.2) is 0 Å². The fourth-order valence-electron chi connectivity index (χ4n) is 1.77. The van der Waals surface area contributed by atoms with Crippen LogP contribution in [-0.4, -0.2) is 6.29 Å². The van der Waals surface area contributed by atoms with E-state index < -0.39 is 11.7 Å². The van der Waals surface area contributed by atoms with Crippen LogP contribution in [0.4, 0.5) is 13.2 Å². The van der Waals surface area contributed by atoms with Gasteiger partial charge in [-0.1, -0.05) is 29.3 Å². The molecule has 0 aliphatic carbocycles. The minimum absolute atomic E-state index is 0.271. The molecule has 104 valence electrons. The molecule has 2 rings (SSSR count). The summed E-state index contributed by atoms with van der Waals surface area (Å²) in [6.07, 6.45) is -3.96. The second-order valence-electron chi connectivity index (χ2n) is 4.08. The standard InChI is InChI=1S/C14H7Cl2F3O/c15-11-4-8(7-20)3-10(5-11)9-1-2-13(16)12(6-9)14(17,18)19/h1-7H. The van der Waals surface area contributed by atoms with E-state index in [1.165, 1.54) is 30.3 Å². The monoisotopic (exact) mass is 318 g/mol. The van der Waals surface area contributed by atoms with Gasteiger partial charge in [0.2, 0.25) is 0 Å². The third-order valence-corrected chi connectivity index (χ3v) is 3.21. The summed E-state index contributed by atoms with van der Waals surface area (Å²) in [4.78, 5) is 10.8. The molecule has 0 aliphatic heterocycles. The van der Waals surface area contributed by atoms with Gasteiger partial charge in [0.05, 0.1) is 10.6 Å². The average Bonchev–Trinajstić information content (AvgIpc) is 2.37. The fourth-order valence-corrected chi connectivity index (χ4v) is 2.24.